The van der Waals surface area contributed by atoms with E-state index in [4.69, 9.17) is 4.98 Å². The Morgan fingerprint density at radius 2 is 1.86 bits per heavy atom. The van der Waals surface area contributed by atoms with Gasteiger partial charge in [-0.25, -0.2) is 9.97 Å². The van der Waals surface area contributed by atoms with Crippen molar-refractivity contribution >= 4 is 5.69 Å². The van der Waals surface area contributed by atoms with E-state index in [-0.39, 0.29) is 5.41 Å². The number of nitrogens with one attached hydrogen (secondary N) is 1. The minimum atomic E-state index is 0.209. The lowest BCUT2D eigenvalue weighted by molar-refractivity contribution is 0.329. The van der Waals surface area contributed by atoms with Crippen LogP contribution in [0.4, 0.5) is 5.69 Å². The zero-order valence-corrected chi connectivity index (χ0v) is 15.0. The third-order valence-electron chi connectivity index (χ3n) is 4.14. The maximum absolute atomic E-state index is 4.78. The minimum Gasteiger partial charge on any atom is -0.369 e. The number of nitrogens with zero attached hydrogens (tertiary/aromatic N) is 3. The predicted molar refractivity (Wildman–Crippen MR) is 90.8 cm³/mol. The normalized spacial score (nSPS) is 13.6. The molecule has 0 saturated carbocycles. The molecule has 1 unspecified atom stereocenters. The van der Waals surface area contributed by atoms with Crippen LogP contribution in [0, 0.1) is 5.41 Å². The molecule has 0 amide bonds. The number of hydrogen-bond donors (Lipinski definition) is 1. The molecule has 4 nitrogen and oxygen atoms in total. The van der Waals surface area contributed by atoms with Gasteiger partial charge in [0.15, 0.2) is 0 Å². The average molecular weight is 292 g/mol. The van der Waals surface area contributed by atoms with E-state index in [0.717, 1.165) is 30.3 Å². The molecule has 0 aliphatic carbocycles. The van der Waals surface area contributed by atoms with Gasteiger partial charge in [-0.1, -0.05) is 41.5 Å². The van der Waals surface area contributed by atoms with Crippen molar-refractivity contribution in [2.75, 3.05) is 18.5 Å². The lowest BCUT2D eigenvalue weighted by Crippen LogP contribution is -2.40. The summed E-state index contributed by atoms with van der Waals surface area (Å²) in [7, 11) is 2.14. The van der Waals surface area contributed by atoms with Gasteiger partial charge in [-0.15, -0.1) is 0 Å². The molecule has 120 valence electrons. The molecule has 0 bridgehead atoms. The monoisotopic (exact) mass is 292 g/mol. The fourth-order valence-electron chi connectivity index (χ4n) is 2.16. The van der Waals surface area contributed by atoms with Crippen molar-refractivity contribution < 1.29 is 0 Å². The fourth-order valence-corrected chi connectivity index (χ4v) is 2.16. The summed E-state index contributed by atoms with van der Waals surface area (Å²) in [6, 6.07) is 0.409. The summed E-state index contributed by atoms with van der Waals surface area (Å²) < 4.78 is 0. The largest absolute Gasteiger partial charge is 0.369 e. The van der Waals surface area contributed by atoms with Crippen LogP contribution >= 0.6 is 0 Å². The van der Waals surface area contributed by atoms with Crippen molar-refractivity contribution in [2.45, 2.75) is 67.0 Å². The van der Waals surface area contributed by atoms with Crippen molar-refractivity contribution in [1.29, 1.82) is 0 Å². The molecular weight excluding hydrogens is 260 g/mol. The average Bonchev–Trinajstić information content (AvgIpc) is 2.42. The molecule has 1 rings (SSSR count). The summed E-state index contributed by atoms with van der Waals surface area (Å²) in [5.41, 5.74) is 2.43. The van der Waals surface area contributed by atoms with E-state index in [1.807, 2.05) is 6.20 Å². The highest BCUT2D eigenvalue weighted by Gasteiger charge is 2.26. The second-order valence-electron chi connectivity index (χ2n) is 7.15. The first kappa shape index (κ1) is 17.9. The molecule has 1 heterocycles. The van der Waals surface area contributed by atoms with Gasteiger partial charge in [0, 0.05) is 25.6 Å². The van der Waals surface area contributed by atoms with Gasteiger partial charge in [0.05, 0.1) is 17.6 Å². The van der Waals surface area contributed by atoms with Crippen LogP contribution in [-0.4, -0.2) is 29.6 Å². The molecule has 1 N–H and O–H groups in total. The molecule has 0 aliphatic heterocycles. The fraction of sp³-hybridized carbons (Fsp3) is 0.765. The summed E-state index contributed by atoms with van der Waals surface area (Å²) in [6.07, 6.45) is 1.98. The maximum atomic E-state index is 4.78. The highest BCUT2D eigenvalue weighted by Crippen LogP contribution is 2.29. The van der Waals surface area contributed by atoms with Gasteiger partial charge < -0.3 is 10.2 Å². The van der Waals surface area contributed by atoms with E-state index in [1.54, 1.807) is 0 Å². The van der Waals surface area contributed by atoms with Crippen LogP contribution in [0.3, 0.4) is 0 Å². The third kappa shape index (κ3) is 4.67. The topological polar surface area (TPSA) is 41.1 Å². The summed E-state index contributed by atoms with van der Waals surface area (Å²) in [6.45, 7) is 17.2. The van der Waals surface area contributed by atoms with Crippen molar-refractivity contribution in [3.05, 3.63) is 17.7 Å². The lowest BCUT2D eigenvalue weighted by atomic mass is 9.87. The smallest absolute Gasteiger partial charge is 0.131 e. The van der Waals surface area contributed by atoms with E-state index in [2.05, 4.69) is 70.7 Å². The van der Waals surface area contributed by atoms with Crippen LogP contribution in [0.1, 0.15) is 65.9 Å². The van der Waals surface area contributed by atoms with Gasteiger partial charge in [-0.2, -0.15) is 0 Å². The van der Waals surface area contributed by atoms with Crippen LogP contribution in [0.25, 0.3) is 0 Å². The van der Waals surface area contributed by atoms with Crippen LogP contribution in [0.5, 0.6) is 0 Å². The van der Waals surface area contributed by atoms with E-state index in [1.165, 1.54) is 0 Å². The highest BCUT2D eigenvalue weighted by atomic mass is 15.2. The summed E-state index contributed by atoms with van der Waals surface area (Å²) in [4.78, 5) is 11.6. The lowest BCUT2D eigenvalue weighted by Gasteiger charge is -2.37. The molecule has 21 heavy (non-hydrogen) atoms. The van der Waals surface area contributed by atoms with E-state index in [9.17, 15) is 0 Å². The van der Waals surface area contributed by atoms with Crippen LogP contribution < -0.4 is 10.2 Å². The SMILES string of the molecule is CCNCc1nc(C(C)C)ncc1N(C)C(C)C(C)(C)C. The standard InChI is InChI=1S/C17H32N4/c1-9-18-10-14-15(11-19-16(20-14)12(2)3)21(8)13(4)17(5,6)7/h11-13,18H,9-10H2,1-8H3. The summed E-state index contributed by atoms with van der Waals surface area (Å²) in [5, 5.41) is 3.39. The first-order chi connectivity index (χ1) is 9.68. The molecule has 1 aromatic heterocycles. The zero-order valence-electron chi connectivity index (χ0n) is 15.0. The Morgan fingerprint density at radius 1 is 1.24 bits per heavy atom. The van der Waals surface area contributed by atoms with Gasteiger partial charge in [0.1, 0.15) is 5.82 Å². The first-order valence-corrected chi connectivity index (χ1v) is 7.97. The molecule has 0 aliphatic rings. The Bertz CT molecular complexity index is 449. The van der Waals surface area contributed by atoms with Crippen molar-refractivity contribution in [1.82, 2.24) is 15.3 Å². The summed E-state index contributed by atoms with van der Waals surface area (Å²) >= 11 is 0. The van der Waals surface area contributed by atoms with Crippen LogP contribution in [-0.2, 0) is 6.54 Å². The number of hydrogen-bond acceptors (Lipinski definition) is 4. The highest BCUT2D eigenvalue weighted by molar-refractivity contribution is 5.49. The zero-order chi connectivity index (χ0) is 16.2. The van der Waals surface area contributed by atoms with Gasteiger partial charge in [0.2, 0.25) is 0 Å². The number of anilines is 1. The molecule has 0 spiro atoms. The van der Waals surface area contributed by atoms with Gasteiger partial charge in [-0.3, -0.25) is 0 Å². The van der Waals surface area contributed by atoms with E-state index in [0.29, 0.717) is 12.0 Å². The first-order valence-electron chi connectivity index (χ1n) is 7.97. The Labute approximate surface area is 130 Å². The number of aromatic nitrogens is 2. The van der Waals surface area contributed by atoms with Crippen molar-refractivity contribution in [3.63, 3.8) is 0 Å². The Kier molecular flexibility index (Phi) is 6.14. The van der Waals surface area contributed by atoms with Gasteiger partial charge in [-0.05, 0) is 18.9 Å². The quantitative estimate of drug-likeness (QED) is 0.870. The minimum absolute atomic E-state index is 0.209. The van der Waals surface area contributed by atoms with Crippen molar-refractivity contribution in [2.24, 2.45) is 5.41 Å². The van der Waals surface area contributed by atoms with E-state index < -0.39 is 0 Å². The maximum Gasteiger partial charge on any atom is 0.131 e. The number of rotatable bonds is 6. The summed E-state index contributed by atoms with van der Waals surface area (Å²) in [5.74, 6) is 1.27. The molecule has 0 radical (unpaired) electrons. The second kappa shape index (κ2) is 7.21. The molecule has 1 atom stereocenters. The molecule has 0 aromatic carbocycles. The molecule has 1 aromatic rings. The van der Waals surface area contributed by atoms with Crippen LogP contribution in [0.2, 0.25) is 0 Å². The Morgan fingerprint density at radius 3 is 2.33 bits per heavy atom. The third-order valence-corrected chi connectivity index (χ3v) is 4.14. The molecule has 0 saturated heterocycles. The predicted octanol–water partition coefficient (Wildman–Crippen LogP) is 3.58. The Balaban J connectivity index is 3.15. The van der Waals surface area contributed by atoms with E-state index >= 15 is 0 Å². The molecule has 0 fully saturated rings. The molecular formula is C17H32N4. The second-order valence-corrected chi connectivity index (χ2v) is 7.15. The van der Waals surface area contributed by atoms with Gasteiger partial charge >= 0.3 is 0 Å². The Hall–Kier alpha value is -1.16. The van der Waals surface area contributed by atoms with Crippen LogP contribution in [0.15, 0.2) is 6.20 Å². The van der Waals surface area contributed by atoms with Crippen molar-refractivity contribution in [3.8, 4) is 0 Å². The molecule has 4 heteroatoms. The van der Waals surface area contributed by atoms with Gasteiger partial charge in [0.25, 0.3) is 0 Å².